The number of H-pyrrole nitrogens is 1. The number of rotatable bonds is 3. The highest BCUT2D eigenvalue weighted by Crippen LogP contribution is 2.30. The van der Waals surface area contributed by atoms with E-state index in [1.165, 1.54) is 0 Å². The Balaban J connectivity index is 1.51. The summed E-state index contributed by atoms with van der Waals surface area (Å²) in [5.41, 5.74) is 1.33. The summed E-state index contributed by atoms with van der Waals surface area (Å²) in [7, 11) is 1.70. The largest absolute Gasteiger partial charge is 0.492 e. The number of ether oxygens (including phenoxy) is 1. The van der Waals surface area contributed by atoms with Gasteiger partial charge in [0.2, 0.25) is 5.91 Å². The van der Waals surface area contributed by atoms with E-state index in [1.807, 2.05) is 18.2 Å². The van der Waals surface area contributed by atoms with Crippen LogP contribution in [0.25, 0.3) is 10.9 Å². The molecule has 0 spiro atoms. The van der Waals surface area contributed by atoms with E-state index in [1.54, 1.807) is 36.2 Å². The van der Waals surface area contributed by atoms with Crippen molar-refractivity contribution < 1.29 is 9.53 Å². The van der Waals surface area contributed by atoms with Gasteiger partial charge in [-0.05, 0) is 42.3 Å². The van der Waals surface area contributed by atoms with Crippen LogP contribution in [0.5, 0.6) is 5.75 Å². The molecule has 27 heavy (non-hydrogen) atoms. The van der Waals surface area contributed by atoms with Crippen LogP contribution in [-0.2, 0) is 17.8 Å². The molecule has 138 valence electrons. The van der Waals surface area contributed by atoms with E-state index >= 15 is 0 Å². The lowest BCUT2D eigenvalue weighted by Gasteiger charge is -2.28. The second-order valence-corrected chi connectivity index (χ2v) is 7.12. The minimum atomic E-state index is -0.298. The topological polar surface area (TPSA) is 75.3 Å². The molecule has 0 fully saturated rings. The lowest BCUT2D eigenvalue weighted by Crippen LogP contribution is -2.38. The smallest absolute Gasteiger partial charge is 0.258 e. The van der Waals surface area contributed by atoms with Crippen molar-refractivity contribution in [3.63, 3.8) is 0 Å². The van der Waals surface area contributed by atoms with E-state index in [9.17, 15) is 9.59 Å². The number of benzene rings is 2. The molecular weight excluding hydrogens is 366 g/mol. The lowest BCUT2D eigenvalue weighted by molar-refractivity contribution is -0.136. The van der Waals surface area contributed by atoms with Gasteiger partial charge in [-0.3, -0.25) is 9.59 Å². The molecule has 7 heteroatoms. The molecule has 2 aromatic carbocycles. The van der Waals surface area contributed by atoms with Crippen molar-refractivity contribution in [2.45, 2.75) is 13.0 Å². The van der Waals surface area contributed by atoms with Crippen molar-refractivity contribution in [3.05, 3.63) is 69.2 Å². The van der Waals surface area contributed by atoms with Gasteiger partial charge in [0.15, 0.2) is 0 Å². The van der Waals surface area contributed by atoms with Crippen LogP contribution in [0, 0.1) is 5.92 Å². The molecule has 4 rings (SSSR count). The molecule has 1 aromatic heterocycles. The third kappa shape index (κ3) is 3.53. The van der Waals surface area contributed by atoms with Gasteiger partial charge in [0.05, 0.1) is 23.4 Å². The van der Waals surface area contributed by atoms with Gasteiger partial charge in [-0.15, -0.1) is 0 Å². The maximum absolute atomic E-state index is 12.8. The summed E-state index contributed by atoms with van der Waals surface area (Å²) in [4.78, 5) is 33.8. The molecule has 2 heterocycles. The molecule has 1 atom stereocenters. The van der Waals surface area contributed by atoms with Crippen LogP contribution >= 0.6 is 11.6 Å². The van der Waals surface area contributed by atoms with Crippen molar-refractivity contribution in [2.75, 3.05) is 13.7 Å². The maximum Gasteiger partial charge on any atom is 0.258 e. The van der Waals surface area contributed by atoms with E-state index in [-0.39, 0.29) is 23.9 Å². The second kappa shape index (κ2) is 7.04. The maximum atomic E-state index is 12.8. The number of para-hydroxylation sites is 1. The Bertz CT molecular complexity index is 1080. The van der Waals surface area contributed by atoms with Crippen LogP contribution in [0.4, 0.5) is 0 Å². The van der Waals surface area contributed by atoms with Crippen molar-refractivity contribution in [3.8, 4) is 5.75 Å². The minimum Gasteiger partial charge on any atom is -0.492 e. The Kier molecular flexibility index (Phi) is 4.58. The highest BCUT2D eigenvalue weighted by atomic mass is 35.5. The third-order valence-electron chi connectivity index (χ3n) is 4.70. The lowest BCUT2D eigenvalue weighted by atomic mass is 9.95. The van der Waals surface area contributed by atoms with Crippen LogP contribution < -0.4 is 10.3 Å². The quantitative estimate of drug-likeness (QED) is 0.754. The fourth-order valence-electron chi connectivity index (χ4n) is 3.35. The number of aromatic amines is 1. The SMILES string of the molecule is CN(Cc1nc2ccccc2c(=O)[nH]1)C(=O)[C@@H]1COc2ccc(Cl)cc2C1. The number of carbonyl (C=O) groups is 1. The third-order valence-corrected chi connectivity index (χ3v) is 4.94. The van der Waals surface area contributed by atoms with E-state index in [4.69, 9.17) is 16.3 Å². The first-order chi connectivity index (χ1) is 13.0. The fraction of sp³-hybridized carbons (Fsp3) is 0.250. The van der Waals surface area contributed by atoms with Gasteiger partial charge >= 0.3 is 0 Å². The Hall–Kier alpha value is -2.86. The van der Waals surface area contributed by atoms with Gasteiger partial charge in [-0.2, -0.15) is 0 Å². The summed E-state index contributed by atoms with van der Waals surface area (Å²) < 4.78 is 5.71. The Morgan fingerprint density at radius 2 is 2.15 bits per heavy atom. The molecule has 1 amide bonds. The summed E-state index contributed by atoms with van der Waals surface area (Å²) in [6, 6.07) is 12.6. The molecule has 0 saturated carbocycles. The van der Waals surface area contributed by atoms with Gasteiger partial charge in [-0.1, -0.05) is 23.7 Å². The predicted octanol–water partition coefficient (Wildman–Crippen LogP) is 2.79. The van der Waals surface area contributed by atoms with Gasteiger partial charge < -0.3 is 14.6 Å². The highest BCUT2D eigenvalue weighted by Gasteiger charge is 2.28. The Morgan fingerprint density at radius 3 is 3.00 bits per heavy atom. The van der Waals surface area contributed by atoms with Gasteiger partial charge in [0.1, 0.15) is 18.2 Å². The van der Waals surface area contributed by atoms with E-state index in [2.05, 4.69) is 9.97 Å². The zero-order chi connectivity index (χ0) is 19.0. The van der Waals surface area contributed by atoms with Crippen LogP contribution in [-0.4, -0.2) is 34.4 Å². The number of aromatic nitrogens is 2. The average Bonchev–Trinajstić information content (AvgIpc) is 2.66. The highest BCUT2D eigenvalue weighted by molar-refractivity contribution is 6.30. The summed E-state index contributed by atoms with van der Waals surface area (Å²) in [6.45, 7) is 0.539. The Morgan fingerprint density at radius 1 is 1.33 bits per heavy atom. The number of nitrogens with zero attached hydrogens (tertiary/aromatic N) is 2. The molecule has 1 aliphatic heterocycles. The number of carbonyl (C=O) groups excluding carboxylic acids is 1. The number of halogens is 1. The van der Waals surface area contributed by atoms with Crippen LogP contribution in [0.2, 0.25) is 5.02 Å². The zero-order valence-electron chi connectivity index (χ0n) is 14.7. The van der Waals surface area contributed by atoms with Crippen molar-refractivity contribution in [1.29, 1.82) is 0 Å². The fourth-order valence-corrected chi connectivity index (χ4v) is 3.54. The van der Waals surface area contributed by atoms with E-state index < -0.39 is 0 Å². The number of hydrogen-bond donors (Lipinski definition) is 1. The standard InChI is InChI=1S/C20H18ClN3O3/c1-24(10-18-22-16-5-3-2-4-15(16)19(25)23-18)20(26)13-8-12-9-14(21)6-7-17(12)27-11-13/h2-7,9,13H,8,10-11H2,1H3,(H,22,23,25)/t13-/m0/s1. The van der Waals surface area contributed by atoms with Gasteiger partial charge in [0.25, 0.3) is 5.56 Å². The van der Waals surface area contributed by atoms with E-state index in [0.717, 1.165) is 11.3 Å². The van der Waals surface area contributed by atoms with Gasteiger partial charge in [-0.25, -0.2) is 4.98 Å². The monoisotopic (exact) mass is 383 g/mol. The van der Waals surface area contributed by atoms with Crippen molar-refractivity contribution >= 4 is 28.4 Å². The van der Waals surface area contributed by atoms with Crippen molar-refractivity contribution in [2.24, 2.45) is 5.92 Å². The molecule has 3 aromatic rings. The predicted molar refractivity (Wildman–Crippen MR) is 103 cm³/mol. The first-order valence-electron chi connectivity index (χ1n) is 8.65. The summed E-state index contributed by atoms with van der Waals surface area (Å²) >= 11 is 6.04. The molecule has 0 saturated heterocycles. The molecular formula is C20H18ClN3O3. The van der Waals surface area contributed by atoms with Crippen LogP contribution in [0.15, 0.2) is 47.3 Å². The minimum absolute atomic E-state index is 0.0589. The molecule has 0 aliphatic carbocycles. The summed E-state index contributed by atoms with van der Waals surface area (Å²) in [6.07, 6.45) is 0.570. The number of nitrogens with one attached hydrogen (secondary N) is 1. The molecule has 0 bridgehead atoms. The molecule has 6 nitrogen and oxygen atoms in total. The molecule has 0 radical (unpaired) electrons. The zero-order valence-corrected chi connectivity index (χ0v) is 15.5. The number of amides is 1. The first-order valence-corrected chi connectivity index (χ1v) is 9.03. The number of hydrogen-bond acceptors (Lipinski definition) is 4. The van der Waals surface area contributed by atoms with E-state index in [0.29, 0.717) is 34.8 Å². The summed E-state index contributed by atoms with van der Waals surface area (Å²) in [5, 5.41) is 1.15. The van der Waals surface area contributed by atoms with Crippen LogP contribution in [0.1, 0.15) is 11.4 Å². The molecule has 1 N–H and O–H groups in total. The second-order valence-electron chi connectivity index (χ2n) is 6.69. The summed E-state index contributed by atoms with van der Waals surface area (Å²) in [5.74, 6) is 0.867. The van der Waals surface area contributed by atoms with Crippen LogP contribution in [0.3, 0.4) is 0 Å². The molecule has 1 aliphatic rings. The normalized spacial score (nSPS) is 15.9. The molecule has 0 unspecified atom stereocenters. The Labute approximate surface area is 160 Å². The van der Waals surface area contributed by atoms with Gasteiger partial charge in [0, 0.05) is 12.1 Å². The van der Waals surface area contributed by atoms with Crippen molar-refractivity contribution in [1.82, 2.24) is 14.9 Å². The number of fused-ring (bicyclic) bond motifs is 2. The average molecular weight is 384 g/mol. The first kappa shape index (κ1) is 17.5.